The SMILES string of the molecule is CCC(CC)C(O)C(O)Cc1ccc(F)c(Cl)c1. The highest BCUT2D eigenvalue weighted by molar-refractivity contribution is 6.30. The fourth-order valence-electron chi connectivity index (χ4n) is 2.11. The molecule has 0 heterocycles. The maximum Gasteiger partial charge on any atom is 0.141 e. The van der Waals surface area contributed by atoms with Crippen molar-refractivity contribution in [1.29, 1.82) is 0 Å². The summed E-state index contributed by atoms with van der Waals surface area (Å²) in [5.74, 6) is -0.397. The summed E-state index contributed by atoms with van der Waals surface area (Å²) in [5, 5.41) is 20.0. The zero-order valence-electron chi connectivity index (χ0n) is 10.7. The maximum absolute atomic E-state index is 13.0. The lowest BCUT2D eigenvalue weighted by Crippen LogP contribution is -2.34. The summed E-state index contributed by atoms with van der Waals surface area (Å²) < 4.78 is 13.0. The van der Waals surface area contributed by atoms with Crippen molar-refractivity contribution in [3.63, 3.8) is 0 Å². The number of benzene rings is 1. The van der Waals surface area contributed by atoms with Crippen LogP contribution < -0.4 is 0 Å². The molecule has 1 aromatic rings. The lowest BCUT2D eigenvalue weighted by atomic mass is 9.90. The monoisotopic (exact) mass is 274 g/mol. The third-order valence-electron chi connectivity index (χ3n) is 3.35. The van der Waals surface area contributed by atoms with Gasteiger partial charge in [0.2, 0.25) is 0 Å². The molecule has 0 amide bonds. The van der Waals surface area contributed by atoms with Crippen molar-refractivity contribution in [1.82, 2.24) is 0 Å². The first kappa shape index (κ1) is 15.4. The van der Waals surface area contributed by atoms with Gasteiger partial charge >= 0.3 is 0 Å². The Morgan fingerprint density at radius 1 is 1.22 bits per heavy atom. The average molecular weight is 275 g/mol. The van der Waals surface area contributed by atoms with Crippen LogP contribution >= 0.6 is 11.6 Å². The third kappa shape index (κ3) is 3.94. The number of halogens is 2. The summed E-state index contributed by atoms with van der Waals surface area (Å²) in [5.41, 5.74) is 0.721. The van der Waals surface area contributed by atoms with Gasteiger partial charge in [-0.2, -0.15) is 0 Å². The van der Waals surface area contributed by atoms with Crippen LogP contribution in [0.1, 0.15) is 32.3 Å². The summed E-state index contributed by atoms with van der Waals surface area (Å²) in [7, 11) is 0. The molecule has 0 aliphatic rings. The van der Waals surface area contributed by atoms with Gasteiger partial charge in [-0.05, 0) is 23.6 Å². The lowest BCUT2D eigenvalue weighted by molar-refractivity contribution is -0.0187. The van der Waals surface area contributed by atoms with Gasteiger partial charge in [0.05, 0.1) is 17.2 Å². The van der Waals surface area contributed by atoms with Crippen LogP contribution in [0.2, 0.25) is 5.02 Å². The van der Waals surface area contributed by atoms with Crippen LogP contribution in [0.4, 0.5) is 4.39 Å². The quantitative estimate of drug-likeness (QED) is 0.836. The number of hydrogen-bond donors (Lipinski definition) is 2. The summed E-state index contributed by atoms with van der Waals surface area (Å²) >= 11 is 5.67. The molecule has 0 saturated carbocycles. The van der Waals surface area contributed by atoms with E-state index < -0.39 is 18.0 Å². The van der Waals surface area contributed by atoms with Crippen LogP contribution in [0.3, 0.4) is 0 Å². The van der Waals surface area contributed by atoms with Crippen LogP contribution in [0.5, 0.6) is 0 Å². The Hall–Kier alpha value is -0.640. The molecule has 2 unspecified atom stereocenters. The Morgan fingerprint density at radius 2 is 1.83 bits per heavy atom. The zero-order valence-corrected chi connectivity index (χ0v) is 11.5. The molecule has 2 atom stereocenters. The molecule has 0 spiro atoms. The fourth-order valence-corrected chi connectivity index (χ4v) is 2.32. The summed E-state index contributed by atoms with van der Waals surface area (Å²) in [6, 6.07) is 4.33. The van der Waals surface area contributed by atoms with Crippen LogP contribution in [-0.2, 0) is 6.42 Å². The molecule has 0 fully saturated rings. The van der Waals surface area contributed by atoms with Gasteiger partial charge in [-0.1, -0.05) is 44.4 Å². The molecule has 0 radical (unpaired) electrons. The van der Waals surface area contributed by atoms with Crippen molar-refractivity contribution in [2.24, 2.45) is 5.92 Å². The smallest absolute Gasteiger partial charge is 0.141 e. The Morgan fingerprint density at radius 3 is 2.33 bits per heavy atom. The van der Waals surface area contributed by atoms with Gasteiger partial charge in [0.1, 0.15) is 5.82 Å². The van der Waals surface area contributed by atoms with Gasteiger partial charge in [0.25, 0.3) is 0 Å². The molecule has 1 aromatic carbocycles. The first-order valence-electron chi connectivity index (χ1n) is 6.29. The van der Waals surface area contributed by atoms with Crippen molar-refractivity contribution in [3.8, 4) is 0 Å². The molecule has 2 N–H and O–H groups in total. The molecular formula is C14H20ClFO2. The lowest BCUT2D eigenvalue weighted by Gasteiger charge is -2.25. The standard InChI is InChI=1S/C14H20ClFO2/c1-3-10(4-2)14(18)13(17)8-9-5-6-12(16)11(15)7-9/h5-7,10,13-14,17-18H,3-4,8H2,1-2H3. The van der Waals surface area contributed by atoms with E-state index in [4.69, 9.17) is 11.6 Å². The summed E-state index contributed by atoms with van der Waals surface area (Å²) in [6.45, 7) is 3.97. The third-order valence-corrected chi connectivity index (χ3v) is 3.64. The van der Waals surface area contributed by atoms with E-state index in [1.54, 1.807) is 6.07 Å². The van der Waals surface area contributed by atoms with Gasteiger partial charge in [-0.3, -0.25) is 0 Å². The van der Waals surface area contributed by atoms with Crippen LogP contribution in [-0.4, -0.2) is 22.4 Å². The largest absolute Gasteiger partial charge is 0.390 e. The first-order chi connectivity index (χ1) is 8.49. The van der Waals surface area contributed by atoms with Crippen molar-refractivity contribution in [2.45, 2.75) is 45.3 Å². The topological polar surface area (TPSA) is 40.5 Å². The molecule has 2 nitrogen and oxygen atoms in total. The highest BCUT2D eigenvalue weighted by Gasteiger charge is 2.24. The predicted octanol–water partition coefficient (Wildman–Crippen LogP) is 3.18. The predicted molar refractivity (Wildman–Crippen MR) is 71.2 cm³/mol. The van der Waals surface area contributed by atoms with E-state index in [2.05, 4.69) is 0 Å². The number of rotatable bonds is 6. The van der Waals surface area contributed by atoms with E-state index in [9.17, 15) is 14.6 Å². The van der Waals surface area contributed by atoms with E-state index in [-0.39, 0.29) is 17.4 Å². The Bertz CT molecular complexity index is 380. The average Bonchev–Trinajstić information content (AvgIpc) is 2.35. The molecule has 0 saturated heterocycles. The van der Waals surface area contributed by atoms with Crippen molar-refractivity contribution >= 4 is 11.6 Å². The van der Waals surface area contributed by atoms with Gasteiger partial charge in [-0.25, -0.2) is 4.39 Å². The van der Waals surface area contributed by atoms with Crippen molar-refractivity contribution < 1.29 is 14.6 Å². The molecule has 0 aliphatic heterocycles. The normalized spacial score (nSPS) is 14.8. The minimum absolute atomic E-state index is 0.0386. The Kier molecular flexibility index (Phi) is 6.06. The number of aliphatic hydroxyl groups excluding tert-OH is 2. The minimum atomic E-state index is -0.851. The van der Waals surface area contributed by atoms with Gasteiger partial charge in [-0.15, -0.1) is 0 Å². The summed E-state index contributed by atoms with van der Waals surface area (Å²) in [6.07, 6.45) is 0.301. The molecular weight excluding hydrogens is 255 g/mol. The van der Waals surface area contributed by atoms with Crippen LogP contribution in [0.25, 0.3) is 0 Å². The second kappa shape index (κ2) is 7.07. The van der Waals surface area contributed by atoms with E-state index in [0.29, 0.717) is 0 Å². The van der Waals surface area contributed by atoms with E-state index in [0.717, 1.165) is 18.4 Å². The molecule has 0 bridgehead atoms. The Balaban J connectivity index is 2.68. The fraction of sp³-hybridized carbons (Fsp3) is 0.571. The number of hydrogen-bond acceptors (Lipinski definition) is 2. The van der Waals surface area contributed by atoms with Gasteiger partial charge in [0, 0.05) is 6.42 Å². The molecule has 1 rings (SSSR count). The van der Waals surface area contributed by atoms with Gasteiger partial charge in [0.15, 0.2) is 0 Å². The van der Waals surface area contributed by atoms with Crippen molar-refractivity contribution in [2.75, 3.05) is 0 Å². The minimum Gasteiger partial charge on any atom is -0.390 e. The van der Waals surface area contributed by atoms with Crippen LogP contribution in [0.15, 0.2) is 18.2 Å². The maximum atomic E-state index is 13.0. The van der Waals surface area contributed by atoms with Crippen LogP contribution in [0, 0.1) is 11.7 Å². The van der Waals surface area contributed by atoms with Crippen molar-refractivity contribution in [3.05, 3.63) is 34.6 Å². The summed E-state index contributed by atoms with van der Waals surface area (Å²) in [4.78, 5) is 0. The molecule has 4 heteroatoms. The molecule has 102 valence electrons. The number of aliphatic hydroxyl groups is 2. The van der Waals surface area contributed by atoms with E-state index in [1.807, 2.05) is 13.8 Å². The molecule has 18 heavy (non-hydrogen) atoms. The zero-order chi connectivity index (χ0) is 13.7. The van der Waals surface area contributed by atoms with Gasteiger partial charge < -0.3 is 10.2 Å². The second-order valence-electron chi connectivity index (χ2n) is 4.59. The van der Waals surface area contributed by atoms with E-state index >= 15 is 0 Å². The van der Waals surface area contributed by atoms with E-state index in [1.165, 1.54) is 12.1 Å². The second-order valence-corrected chi connectivity index (χ2v) is 4.99. The molecule has 0 aliphatic carbocycles. The highest BCUT2D eigenvalue weighted by atomic mass is 35.5. The Labute approximate surface area is 112 Å². The first-order valence-corrected chi connectivity index (χ1v) is 6.67. The highest BCUT2D eigenvalue weighted by Crippen LogP contribution is 2.21. The molecule has 0 aromatic heterocycles.